The lowest BCUT2D eigenvalue weighted by Crippen LogP contribution is -2.39. The van der Waals surface area contributed by atoms with Gasteiger partial charge in [-0.05, 0) is 35.1 Å². The Morgan fingerprint density at radius 1 is 1.06 bits per heavy atom. The zero-order valence-electron chi connectivity index (χ0n) is 18.5. The van der Waals surface area contributed by atoms with Gasteiger partial charge in [0.25, 0.3) is 0 Å². The van der Waals surface area contributed by atoms with E-state index in [-0.39, 0.29) is 30.2 Å². The molecule has 0 unspecified atom stereocenters. The summed E-state index contributed by atoms with van der Waals surface area (Å²) in [4.78, 5) is 30.2. The van der Waals surface area contributed by atoms with E-state index in [0.717, 1.165) is 0 Å². The zero-order valence-corrected chi connectivity index (χ0v) is 18.5. The van der Waals surface area contributed by atoms with Gasteiger partial charge in [0.05, 0.1) is 0 Å². The Morgan fingerprint density at radius 3 is 2.24 bits per heavy atom. The normalized spacial score (nSPS) is 15.8. The summed E-state index contributed by atoms with van der Waals surface area (Å²) in [5.74, 6) is -0.263. The third-order valence-corrected chi connectivity index (χ3v) is 6.66. The van der Waals surface area contributed by atoms with Crippen LogP contribution >= 0.6 is 0 Å². The van der Waals surface area contributed by atoms with Crippen LogP contribution in [0.3, 0.4) is 0 Å². The Kier molecular flexibility index (Phi) is 5.62. The van der Waals surface area contributed by atoms with Crippen LogP contribution in [-0.4, -0.2) is 46.7 Å². The van der Waals surface area contributed by atoms with Crippen molar-refractivity contribution in [1.29, 1.82) is 0 Å². The molecular formula is C26H26N2O5. The predicted octanol–water partition coefficient (Wildman–Crippen LogP) is 5.06. The number of aryl methyl sites for hydroxylation is 1. The third-order valence-electron chi connectivity index (χ3n) is 6.66. The topological polar surface area (TPSA) is 92.9 Å². The molecular weight excluding hydrogens is 420 g/mol. The van der Waals surface area contributed by atoms with Gasteiger partial charge >= 0.3 is 12.1 Å². The fraction of sp³-hybridized carbons (Fsp3) is 0.346. The van der Waals surface area contributed by atoms with Crippen LogP contribution in [0.2, 0.25) is 0 Å². The molecule has 2 aromatic carbocycles. The van der Waals surface area contributed by atoms with Crippen molar-refractivity contribution in [1.82, 2.24) is 9.88 Å². The van der Waals surface area contributed by atoms with Gasteiger partial charge in [-0.2, -0.15) is 0 Å². The van der Waals surface area contributed by atoms with E-state index in [9.17, 15) is 14.7 Å². The van der Waals surface area contributed by atoms with Crippen LogP contribution in [0.5, 0.6) is 0 Å². The fourth-order valence-corrected chi connectivity index (χ4v) is 4.97. The largest absolute Gasteiger partial charge is 0.476 e. The van der Waals surface area contributed by atoms with Crippen molar-refractivity contribution in [2.45, 2.75) is 38.0 Å². The molecule has 2 heterocycles. The van der Waals surface area contributed by atoms with Crippen LogP contribution in [0, 0.1) is 0 Å². The maximum atomic E-state index is 12.8. The molecule has 170 valence electrons. The van der Waals surface area contributed by atoms with Crippen molar-refractivity contribution in [3.05, 3.63) is 77.0 Å². The molecule has 0 radical (unpaired) electrons. The van der Waals surface area contributed by atoms with Crippen LogP contribution < -0.4 is 0 Å². The lowest BCUT2D eigenvalue weighted by Gasteiger charge is -2.30. The second kappa shape index (κ2) is 8.73. The molecule has 7 heteroatoms. The smallest absolute Gasteiger partial charge is 0.409 e. The first-order chi connectivity index (χ1) is 16.1. The molecule has 5 rings (SSSR count). The molecule has 1 aliphatic heterocycles. The van der Waals surface area contributed by atoms with Crippen molar-refractivity contribution >= 4 is 12.1 Å². The Morgan fingerprint density at radius 2 is 1.67 bits per heavy atom. The number of carboxylic acids is 1. The number of likely N-dealkylation sites (tertiary alicyclic amines) is 1. The van der Waals surface area contributed by atoms with Crippen LogP contribution in [-0.2, 0) is 11.2 Å². The van der Waals surface area contributed by atoms with E-state index in [0.29, 0.717) is 44.0 Å². The molecule has 1 fully saturated rings. The van der Waals surface area contributed by atoms with Gasteiger partial charge < -0.3 is 19.2 Å². The quantitative estimate of drug-likeness (QED) is 0.589. The van der Waals surface area contributed by atoms with Crippen LogP contribution in [0.1, 0.15) is 64.9 Å². The standard InChI is InChI=1S/C26H26N2O5/c1-2-22-27-23(25(29)30)24(33-22)16-11-13-28(14-12-16)26(31)32-15-21-19-9-5-3-7-17(19)18-8-4-6-10-20(18)21/h3-10,16,21H,2,11-15H2,1H3,(H,29,30). The number of hydrogen-bond acceptors (Lipinski definition) is 5. The highest BCUT2D eigenvalue weighted by molar-refractivity contribution is 5.86. The number of aromatic carboxylic acids is 1. The number of carbonyl (C=O) groups excluding carboxylic acids is 1. The lowest BCUT2D eigenvalue weighted by molar-refractivity contribution is 0.0683. The summed E-state index contributed by atoms with van der Waals surface area (Å²) in [5.41, 5.74) is 4.75. The Labute approximate surface area is 192 Å². The minimum absolute atomic E-state index is 0.00793. The number of fused-ring (bicyclic) bond motifs is 3. The maximum Gasteiger partial charge on any atom is 0.409 e. The number of ether oxygens (including phenoxy) is 1. The summed E-state index contributed by atoms with van der Waals surface area (Å²) in [5, 5.41) is 9.45. The summed E-state index contributed by atoms with van der Waals surface area (Å²) in [6, 6.07) is 16.5. The van der Waals surface area contributed by atoms with E-state index in [2.05, 4.69) is 29.2 Å². The number of amides is 1. The van der Waals surface area contributed by atoms with Crippen molar-refractivity contribution in [3.8, 4) is 11.1 Å². The Balaban J connectivity index is 1.23. The molecule has 1 N–H and O–H groups in total. The summed E-state index contributed by atoms with van der Waals surface area (Å²) >= 11 is 0. The van der Waals surface area contributed by atoms with Crippen LogP contribution in [0.25, 0.3) is 11.1 Å². The third kappa shape index (κ3) is 3.88. The minimum atomic E-state index is -1.08. The molecule has 7 nitrogen and oxygen atoms in total. The number of nitrogens with zero attached hydrogens (tertiary/aromatic N) is 2. The number of hydrogen-bond donors (Lipinski definition) is 1. The van der Waals surface area contributed by atoms with E-state index in [4.69, 9.17) is 9.15 Å². The highest BCUT2D eigenvalue weighted by Gasteiger charge is 2.33. The SMILES string of the molecule is CCc1nc(C(=O)O)c(C2CCN(C(=O)OCC3c4ccccc4-c4ccccc43)CC2)o1. The van der Waals surface area contributed by atoms with Crippen LogP contribution in [0.4, 0.5) is 4.79 Å². The van der Waals surface area contributed by atoms with Gasteiger partial charge in [-0.15, -0.1) is 0 Å². The van der Waals surface area contributed by atoms with E-state index in [1.807, 2.05) is 31.2 Å². The Bertz CT molecular complexity index is 1150. The lowest BCUT2D eigenvalue weighted by atomic mass is 9.93. The second-order valence-electron chi connectivity index (χ2n) is 8.54. The van der Waals surface area contributed by atoms with Gasteiger partial charge in [0.2, 0.25) is 0 Å². The molecule has 33 heavy (non-hydrogen) atoms. The van der Waals surface area contributed by atoms with Gasteiger partial charge in [0.15, 0.2) is 11.6 Å². The summed E-state index contributed by atoms with van der Waals surface area (Å²) < 4.78 is 11.5. The van der Waals surface area contributed by atoms with Gasteiger partial charge in [-0.3, -0.25) is 0 Å². The molecule has 1 amide bonds. The summed E-state index contributed by atoms with van der Waals surface area (Å²) in [7, 11) is 0. The predicted molar refractivity (Wildman–Crippen MR) is 121 cm³/mol. The van der Waals surface area contributed by atoms with Gasteiger partial charge in [-0.25, -0.2) is 14.6 Å². The second-order valence-corrected chi connectivity index (χ2v) is 8.54. The van der Waals surface area contributed by atoms with E-state index < -0.39 is 5.97 Å². The first kappa shape index (κ1) is 21.2. The molecule has 2 aliphatic rings. The van der Waals surface area contributed by atoms with Gasteiger partial charge in [-0.1, -0.05) is 55.5 Å². The average molecular weight is 447 g/mol. The highest BCUT2D eigenvalue weighted by atomic mass is 16.6. The first-order valence-corrected chi connectivity index (χ1v) is 11.4. The first-order valence-electron chi connectivity index (χ1n) is 11.4. The van der Waals surface area contributed by atoms with Crippen molar-refractivity contribution in [2.24, 2.45) is 0 Å². The van der Waals surface area contributed by atoms with Gasteiger partial charge in [0.1, 0.15) is 12.4 Å². The number of piperidine rings is 1. The molecule has 0 atom stereocenters. The number of benzene rings is 2. The highest BCUT2D eigenvalue weighted by Crippen LogP contribution is 2.44. The number of oxazole rings is 1. The summed E-state index contributed by atoms with van der Waals surface area (Å²) in [6.07, 6.45) is 1.44. The molecule has 1 saturated heterocycles. The van der Waals surface area contributed by atoms with Gasteiger partial charge in [0, 0.05) is 31.3 Å². The summed E-state index contributed by atoms with van der Waals surface area (Å²) in [6.45, 7) is 3.14. The van der Waals surface area contributed by atoms with Crippen molar-refractivity contribution in [3.63, 3.8) is 0 Å². The molecule has 1 aliphatic carbocycles. The molecule has 0 saturated carbocycles. The van der Waals surface area contributed by atoms with Crippen LogP contribution in [0.15, 0.2) is 52.9 Å². The fourth-order valence-electron chi connectivity index (χ4n) is 4.97. The number of carboxylic acid groups (broad SMARTS) is 1. The van der Waals surface area contributed by atoms with Crippen molar-refractivity contribution < 1.29 is 23.8 Å². The number of rotatable bonds is 5. The van der Waals surface area contributed by atoms with Crippen molar-refractivity contribution in [2.75, 3.05) is 19.7 Å². The number of aromatic nitrogens is 1. The Hall–Kier alpha value is -3.61. The minimum Gasteiger partial charge on any atom is -0.476 e. The van der Waals surface area contributed by atoms with E-state index in [1.54, 1.807) is 4.90 Å². The zero-order chi connectivity index (χ0) is 22.9. The van der Waals surface area contributed by atoms with E-state index >= 15 is 0 Å². The average Bonchev–Trinajstić information content (AvgIpc) is 3.43. The number of carbonyl (C=O) groups is 2. The molecule has 0 bridgehead atoms. The molecule has 1 aromatic heterocycles. The maximum absolute atomic E-state index is 12.8. The van der Waals surface area contributed by atoms with E-state index in [1.165, 1.54) is 22.3 Å². The molecule has 0 spiro atoms. The molecule has 3 aromatic rings. The monoisotopic (exact) mass is 446 g/mol.